The fourth-order valence-corrected chi connectivity index (χ4v) is 2.48. The summed E-state index contributed by atoms with van der Waals surface area (Å²) in [5.41, 5.74) is 7.58. The lowest BCUT2D eigenvalue weighted by atomic mass is 10.1. The molecule has 1 aliphatic carbocycles. The Morgan fingerprint density at radius 3 is 2.94 bits per heavy atom. The van der Waals surface area contributed by atoms with Gasteiger partial charge in [0.25, 0.3) is 0 Å². The van der Waals surface area contributed by atoms with Gasteiger partial charge < -0.3 is 10.6 Å². The van der Waals surface area contributed by atoms with Gasteiger partial charge in [0, 0.05) is 29.9 Å². The highest BCUT2D eigenvalue weighted by Gasteiger charge is 2.31. The van der Waals surface area contributed by atoms with Crippen LogP contribution in [0.1, 0.15) is 19.8 Å². The summed E-state index contributed by atoms with van der Waals surface area (Å²) in [7, 11) is 0. The number of aromatic nitrogens is 1. The van der Waals surface area contributed by atoms with E-state index in [-0.39, 0.29) is 5.82 Å². The van der Waals surface area contributed by atoms with Crippen molar-refractivity contribution in [2.24, 2.45) is 0 Å². The molecule has 4 heteroatoms. The van der Waals surface area contributed by atoms with E-state index >= 15 is 0 Å². The summed E-state index contributed by atoms with van der Waals surface area (Å²) in [6.07, 6.45) is 3.95. The number of fused-ring (bicyclic) bond motifs is 1. The van der Waals surface area contributed by atoms with Gasteiger partial charge in [-0.1, -0.05) is 0 Å². The predicted molar refractivity (Wildman–Crippen MR) is 72.2 cm³/mol. The molecule has 1 aliphatic rings. The number of nitrogen functional groups attached to an aromatic ring is 1. The first-order valence-electron chi connectivity index (χ1n) is 6.31. The lowest BCUT2D eigenvalue weighted by Crippen LogP contribution is -2.26. The van der Waals surface area contributed by atoms with Crippen molar-refractivity contribution in [2.45, 2.75) is 25.8 Å². The summed E-state index contributed by atoms with van der Waals surface area (Å²) in [6, 6.07) is 5.58. The number of nitrogens with zero attached hydrogens (tertiary/aromatic N) is 2. The van der Waals surface area contributed by atoms with Crippen molar-refractivity contribution >= 4 is 22.3 Å². The fourth-order valence-electron chi connectivity index (χ4n) is 2.48. The Balaban J connectivity index is 2.26. The van der Waals surface area contributed by atoms with Crippen molar-refractivity contribution in [2.75, 3.05) is 17.2 Å². The molecule has 1 fully saturated rings. The zero-order valence-electron chi connectivity index (χ0n) is 10.4. The van der Waals surface area contributed by atoms with E-state index in [4.69, 9.17) is 5.73 Å². The quantitative estimate of drug-likeness (QED) is 0.845. The fraction of sp³-hybridized carbons (Fsp3) is 0.357. The van der Waals surface area contributed by atoms with E-state index < -0.39 is 0 Å². The second-order valence-electron chi connectivity index (χ2n) is 4.71. The van der Waals surface area contributed by atoms with Gasteiger partial charge in [0.2, 0.25) is 0 Å². The van der Waals surface area contributed by atoms with E-state index in [0.717, 1.165) is 24.8 Å². The summed E-state index contributed by atoms with van der Waals surface area (Å²) < 4.78 is 14.2. The smallest absolute Gasteiger partial charge is 0.150 e. The highest BCUT2D eigenvalue weighted by atomic mass is 19.1. The van der Waals surface area contributed by atoms with Crippen LogP contribution in [0.3, 0.4) is 0 Å². The molecule has 94 valence electrons. The van der Waals surface area contributed by atoms with E-state index in [2.05, 4.69) is 9.88 Å². The third kappa shape index (κ3) is 1.68. The maximum atomic E-state index is 14.2. The number of anilines is 2. The van der Waals surface area contributed by atoms with E-state index in [1.165, 1.54) is 6.07 Å². The molecular weight excluding hydrogens is 229 g/mol. The van der Waals surface area contributed by atoms with Gasteiger partial charge in [-0.15, -0.1) is 0 Å². The molecule has 3 nitrogen and oxygen atoms in total. The van der Waals surface area contributed by atoms with Crippen molar-refractivity contribution < 1.29 is 4.39 Å². The summed E-state index contributed by atoms with van der Waals surface area (Å²) >= 11 is 0. The molecule has 0 unspecified atom stereocenters. The zero-order chi connectivity index (χ0) is 12.7. The van der Waals surface area contributed by atoms with Gasteiger partial charge in [0.15, 0.2) is 5.82 Å². The first-order valence-corrected chi connectivity index (χ1v) is 6.31. The number of benzene rings is 1. The van der Waals surface area contributed by atoms with Crippen molar-refractivity contribution in [3.63, 3.8) is 0 Å². The molecular formula is C14H16FN3. The van der Waals surface area contributed by atoms with Crippen LogP contribution in [0.2, 0.25) is 0 Å². The molecule has 0 atom stereocenters. The monoisotopic (exact) mass is 245 g/mol. The molecule has 0 radical (unpaired) electrons. The average molecular weight is 245 g/mol. The number of pyridine rings is 1. The summed E-state index contributed by atoms with van der Waals surface area (Å²) in [5.74, 6) is -0.271. The third-order valence-corrected chi connectivity index (χ3v) is 3.47. The van der Waals surface area contributed by atoms with E-state index in [9.17, 15) is 4.39 Å². The third-order valence-electron chi connectivity index (χ3n) is 3.47. The van der Waals surface area contributed by atoms with Gasteiger partial charge in [-0.25, -0.2) is 4.39 Å². The zero-order valence-corrected chi connectivity index (χ0v) is 10.4. The lowest BCUT2D eigenvalue weighted by molar-refractivity contribution is 0.620. The largest absolute Gasteiger partial charge is 0.398 e. The molecule has 1 heterocycles. The van der Waals surface area contributed by atoms with Crippen molar-refractivity contribution in [3.05, 3.63) is 30.2 Å². The Bertz CT molecular complexity index is 593. The highest BCUT2D eigenvalue weighted by molar-refractivity contribution is 5.99. The molecule has 0 saturated heterocycles. The molecule has 0 amide bonds. The molecule has 3 rings (SSSR count). The molecule has 1 saturated carbocycles. The second kappa shape index (κ2) is 4.12. The summed E-state index contributed by atoms with van der Waals surface area (Å²) in [5, 5.41) is 0.827. The molecule has 0 spiro atoms. The highest BCUT2D eigenvalue weighted by Crippen LogP contribution is 2.38. The maximum absolute atomic E-state index is 14.2. The van der Waals surface area contributed by atoms with Crippen LogP contribution < -0.4 is 10.6 Å². The molecule has 18 heavy (non-hydrogen) atoms. The van der Waals surface area contributed by atoms with Crippen molar-refractivity contribution in [1.29, 1.82) is 0 Å². The van der Waals surface area contributed by atoms with E-state index in [1.807, 2.05) is 19.1 Å². The summed E-state index contributed by atoms with van der Waals surface area (Å²) in [4.78, 5) is 6.42. The predicted octanol–water partition coefficient (Wildman–Crippen LogP) is 2.94. The van der Waals surface area contributed by atoms with Crippen LogP contribution in [0.5, 0.6) is 0 Å². The second-order valence-corrected chi connectivity index (χ2v) is 4.71. The van der Waals surface area contributed by atoms with Crippen LogP contribution in [0.15, 0.2) is 24.4 Å². The van der Waals surface area contributed by atoms with Gasteiger partial charge in [0.1, 0.15) is 5.69 Å². The standard InChI is InChI=1S/C14H16FN3/c1-2-18(9-5-6-9)14-11(15)8-12(16)10-4-3-7-17-13(10)14/h3-4,7-9H,2,5-6,16H2,1H3. The Morgan fingerprint density at radius 1 is 1.50 bits per heavy atom. The number of hydrogen-bond acceptors (Lipinski definition) is 3. The lowest BCUT2D eigenvalue weighted by Gasteiger charge is -2.24. The average Bonchev–Trinajstić information content (AvgIpc) is 3.18. The molecule has 0 aliphatic heterocycles. The van der Waals surface area contributed by atoms with Crippen LogP contribution in [0.4, 0.5) is 15.8 Å². The molecule has 1 aromatic carbocycles. The first-order chi connectivity index (χ1) is 8.72. The Labute approximate surface area is 105 Å². The number of halogens is 1. The van der Waals surface area contributed by atoms with E-state index in [0.29, 0.717) is 22.9 Å². The van der Waals surface area contributed by atoms with Crippen LogP contribution >= 0.6 is 0 Å². The minimum Gasteiger partial charge on any atom is -0.398 e. The van der Waals surface area contributed by atoms with Crippen molar-refractivity contribution in [1.82, 2.24) is 4.98 Å². The Hall–Kier alpha value is -1.84. The summed E-state index contributed by atoms with van der Waals surface area (Å²) in [6.45, 7) is 2.83. The van der Waals surface area contributed by atoms with E-state index in [1.54, 1.807) is 6.20 Å². The SMILES string of the molecule is CCN(c1c(F)cc(N)c2cccnc12)C1CC1. The van der Waals surface area contributed by atoms with Gasteiger partial charge in [0.05, 0.1) is 5.52 Å². The van der Waals surface area contributed by atoms with Crippen LogP contribution in [0, 0.1) is 5.82 Å². The van der Waals surface area contributed by atoms with Gasteiger partial charge in [-0.2, -0.15) is 0 Å². The molecule has 1 aromatic heterocycles. The van der Waals surface area contributed by atoms with Gasteiger partial charge in [-0.3, -0.25) is 4.98 Å². The number of hydrogen-bond donors (Lipinski definition) is 1. The normalized spacial score (nSPS) is 15.0. The molecule has 0 bridgehead atoms. The minimum absolute atomic E-state index is 0.271. The van der Waals surface area contributed by atoms with Crippen LogP contribution in [-0.4, -0.2) is 17.6 Å². The maximum Gasteiger partial charge on any atom is 0.150 e. The molecule has 2 N–H and O–H groups in total. The number of rotatable bonds is 3. The Morgan fingerprint density at radius 2 is 2.28 bits per heavy atom. The minimum atomic E-state index is -0.271. The van der Waals surface area contributed by atoms with Crippen LogP contribution in [-0.2, 0) is 0 Å². The first kappa shape index (κ1) is 11.3. The topological polar surface area (TPSA) is 42.1 Å². The Kier molecular flexibility index (Phi) is 2.58. The molecule has 2 aromatic rings. The van der Waals surface area contributed by atoms with Crippen LogP contribution in [0.25, 0.3) is 10.9 Å². The number of nitrogens with two attached hydrogens (primary N) is 1. The van der Waals surface area contributed by atoms with Crippen molar-refractivity contribution in [3.8, 4) is 0 Å². The van der Waals surface area contributed by atoms with Gasteiger partial charge in [-0.05, 0) is 38.0 Å². The van der Waals surface area contributed by atoms with Gasteiger partial charge >= 0.3 is 0 Å².